The van der Waals surface area contributed by atoms with Gasteiger partial charge in [0, 0.05) is 6.07 Å². The number of amides is 1. The fraction of sp³-hybridized carbons (Fsp3) is 0.500. The van der Waals surface area contributed by atoms with E-state index in [1.54, 1.807) is 13.0 Å². The Hall–Kier alpha value is -2.23. The van der Waals surface area contributed by atoms with Gasteiger partial charge < -0.3 is 14.4 Å². The van der Waals surface area contributed by atoms with E-state index in [-0.39, 0.29) is 35.7 Å². The predicted octanol–water partition coefficient (Wildman–Crippen LogP) is 0.0839. The molecule has 0 radical (unpaired) electrons. The highest BCUT2D eigenvalue weighted by Crippen LogP contribution is 2.19. The first kappa shape index (κ1) is 14.7. The van der Waals surface area contributed by atoms with Crippen LogP contribution >= 0.6 is 0 Å². The van der Waals surface area contributed by atoms with Crippen LogP contribution in [-0.2, 0) is 21.2 Å². The lowest BCUT2D eigenvalue weighted by atomic mass is 10.1. The fourth-order valence-electron chi connectivity index (χ4n) is 2.21. The average molecular weight is 326 g/mol. The molecule has 118 valence electrons. The summed E-state index contributed by atoms with van der Waals surface area (Å²) in [5, 5.41) is 10.1. The predicted molar refractivity (Wildman–Crippen MR) is 73.1 cm³/mol. The van der Waals surface area contributed by atoms with Crippen molar-refractivity contribution >= 4 is 15.7 Å². The summed E-state index contributed by atoms with van der Waals surface area (Å²) in [7, 11) is -3.08. The molecule has 0 bridgehead atoms. The number of nitrogens with one attached hydrogen (secondary N) is 1. The van der Waals surface area contributed by atoms with Crippen molar-refractivity contribution in [2.24, 2.45) is 5.92 Å². The van der Waals surface area contributed by atoms with Crippen LogP contribution in [0.15, 0.2) is 15.1 Å². The van der Waals surface area contributed by atoms with E-state index >= 15 is 0 Å². The number of aromatic nitrogens is 3. The van der Waals surface area contributed by atoms with Gasteiger partial charge in [-0.1, -0.05) is 10.3 Å². The molecule has 0 aliphatic carbocycles. The van der Waals surface area contributed by atoms with E-state index in [0.29, 0.717) is 17.9 Å². The Bertz CT molecular complexity index is 794. The second kappa shape index (κ2) is 5.52. The Balaban J connectivity index is 1.58. The van der Waals surface area contributed by atoms with E-state index < -0.39 is 15.8 Å². The lowest BCUT2D eigenvalue weighted by Gasteiger charge is -2.06. The molecule has 22 heavy (non-hydrogen) atoms. The van der Waals surface area contributed by atoms with Crippen LogP contribution in [0.5, 0.6) is 0 Å². The van der Waals surface area contributed by atoms with Crippen molar-refractivity contribution in [1.82, 2.24) is 20.6 Å². The van der Waals surface area contributed by atoms with Gasteiger partial charge in [0.25, 0.3) is 0 Å². The fourth-order valence-corrected chi connectivity index (χ4v) is 3.95. The number of rotatable bonds is 4. The van der Waals surface area contributed by atoms with E-state index in [1.807, 2.05) is 0 Å². The summed E-state index contributed by atoms with van der Waals surface area (Å²) in [6.45, 7) is 1.78. The summed E-state index contributed by atoms with van der Waals surface area (Å²) in [6, 6.07) is 1.66. The molecule has 2 aromatic heterocycles. The van der Waals surface area contributed by atoms with E-state index in [9.17, 15) is 13.2 Å². The van der Waals surface area contributed by atoms with Crippen LogP contribution in [0.25, 0.3) is 11.5 Å². The lowest BCUT2D eigenvalue weighted by molar-refractivity contribution is -0.124. The van der Waals surface area contributed by atoms with Crippen LogP contribution in [0.2, 0.25) is 0 Å². The minimum atomic E-state index is -3.08. The second-order valence-corrected chi connectivity index (χ2v) is 7.38. The van der Waals surface area contributed by atoms with Crippen molar-refractivity contribution in [1.29, 1.82) is 0 Å². The number of carbonyl (C=O) groups excluding carboxylic acids is 1. The summed E-state index contributed by atoms with van der Waals surface area (Å²) in [4.78, 5) is 16.0. The highest BCUT2D eigenvalue weighted by Gasteiger charge is 2.32. The van der Waals surface area contributed by atoms with Crippen LogP contribution in [0.3, 0.4) is 0 Å². The van der Waals surface area contributed by atoms with Gasteiger partial charge in [0.05, 0.1) is 24.0 Å². The molecular weight excluding hydrogens is 312 g/mol. The van der Waals surface area contributed by atoms with Gasteiger partial charge in [0.2, 0.25) is 17.6 Å². The quantitative estimate of drug-likeness (QED) is 0.836. The van der Waals surface area contributed by atoms with Gasteiger partial charge in [-0.2, -0.15) is 4.98 Å². The zero-order valence-corrected chi connectivity index (χ0v) is 12.6. The number of hydrogen-bond donors (Lipinski definition) is 1. The van der Waals surface area contributed by atoms with Crippen molar-refractivity contribution in [2.45, 2.75) is 19.9 Å². The zero-order chi connectivity index (χ0) is 15.7. The molecule has 3 rings (SSSR count). The Kier molecular flexibility index (Phi) is 3.69. The maximum Gasteiger partial charge on any atom is 0.246 e. The molecule has 0 aromatic carbocycles. The lowest BCUT2D eigenvalue weighted by Crippen LogP contribution is -2.31. The van der Waals surface area contributed by atoms with Crippen molar-refractivity contribution < 1.29 is 22.3 Å². The van der Waals surface area contributed by atoms with Crippen molar-refractivity contribution in [2.75, 3.05) is 11.5 Å². The molecule has 1 aliphatic rings. The van der Waals surface area contributed by atoms with Crippen LogP contribution in [0.4, 0.5) is 0 Å². The zero-order valence-electron chi connectivity index (χ0n) is 11.8. The molecule has 1 amide bonds. The van der Waals surface area contributed by atoms with Crippen LogP contribution < -0.4 is 5.32 Å². The smallest absolute Gasteiger partial charge is 0.246 e. The topological polar surface area (TPSA) is 128 Å². The summed E-state index contributed by atoms with van der Waals surface area (Å²) in [6.07, 6.45) is 0.349. The molecule has 1 aliphatic heterocycles. The van der Waals surface area contributed by atoms with Gasteiger partial charge in [-0.15, -0.1) is 0 Å². The van der Waals surface area contributed by atoms with Crippen LogP contribution in [0, 0.1) is 12.8 Å². The third-order valence-corrected chi connectivity index (χ3v) is 5.11. The molecule has 0 saturated carbocycles. The molecule has 3 heterocycles. The van der Waals surface area contributed by atoms with E-state index in [2.05, 4.69) is 20.6 Å². The third-order valence-electron chi connectivity index (χ3n) is 3.34. The van der Waals surface area contributed by atoms with Crippen molar-refractivity contribution in [3.8, 4) is 11.5 Å². The second-order valence-electron chi connectivity index (χ2n) is 5.15. The van der Waals surface area contributed by atoms with Gasteiger partial charge in [-0.05, 0) is 13.3 Å². The molecular formula is C12H14N4O5S. The monoisotopic (exact) mass is 326 g/mol. The maximum atomic E-state index is 11.9. The molecule has 1 N–H and O–H groups in total. The van der Waals surface area contributed by atoms with Crippen molar-refractivity contribution in [3.63, 3.8) is 0 Å². The normalized spacial score (nSPS) is 20.1. The van der Waals surface area contributed by atoms with Crippen molar-refractivity contribution in [3.05, 3.63) is 17.7 Å². The summed E-state index contributed by atoms with van der Waals surface area (Å²) in [5.41, 5.74) is 0.445. The molecule has 0 spiro atoms. The van der Waals surface area contributed by atoms with E-state index in [0.717, 1.165) is 0 Å². The van der Waals surface area contributed by atoms with Gasteiger partial charge in [-0.25, -0.2) is 8.42 Å². The number of nitrogens with zero attached hydrogens (tertiary/aromatic N) is 3. The Morgan fingerprint density at radius 1 is 1.41 bits per heavy atom. The minimum absolute atomic E-state index is 0.0409. The Morgan fingerprint density at radius 3 is 2.86 bits per heavy atom. The van der Waals surface area contributed by atoms with Crippen LogP contribution in [0.1, 0.15) is 18.1 Å². The molecule has 1 saturated heterocycles. The first-order chi connectivity index (χ1) is 10.4. The SMILES string of the molecule is Cc1cc(-c2noc(CNC(=O)[C@H]3CCS(=O)(=O)C3)n2)no1. The van der Waals surface area contributed by atoms with Gasteiger partial charge in [0.1, 0.15) is 5.76 Å². The van der Waals surface area contributed by atoms with E-state index in [1.165, 1.54) is 0 Å². The molecule has 2 aromatic rings. The first-order valence-electron chi connectivity index (χ1n) is 6.67. The summed E-state index contributed by atoms with van der Waals surface area (Å²) < 4.78 is 32.6. The number of carbonyl (C=O) groups is 1. The van der Waals surface area contributed by atoms with E-state index in [4.69, 9.17) is 9.05 Å². The third kappa shape index (κ3) is 3.16. The van der Waals surface area contributed by atoms with Crippen LogP contribution in [-0.4, -0.2) is 41.1 Å². The first-order valence-corrected chi connectivity index (χ1v) is 8.49. The molecule has 9 nitrogen and oxygen atoms in total. The van der Waals surface area contributed by atoms with Gasteiger partial charge in [0.15, 0.2) is 15.5 Å². The largest absolute Gasteiger partial charge is 0.361 e. The maximum absolute atomic E-state index is 11.9. The average Bonchev–Trinajstić information content (AvgIpc) is 3.15. The number of sulfone groups is 1. The summed E-state index contributed by atoms with van der Waals surface area (Å²) >= 11 is 0. The highest BCUT2D eigenvalue weighted by atomic mass is 32.2. The molecule has 0 unspecified atom stereocenters. The highest BCUT2D eigenvalue weighted by molar-refractivity contribution is 7.91. The van der Waals surface area contributed by atoms with Gasteiger partial charge in [-0.3, -0.25) is 4.79 Å². The number of aryl methyl sites for hydroxylation is 1. The Labute approximate surface area is 126 Å². The number of hydrogen-bond acceptors (Lipinski definition) is 8. The molecule has 1 atom stereocenters. The molecule has 1 fully saturated rings. The van der Waals surface area contributed by atoms with Gasteiger partial charge >= 0.3 is 0 Å². The minimum Gasteiger partial charge on any atom is -0.361 e. The standard InChI is InChI=1S/C12H14N4O5S/c1-7-4-9(15-20-7)11-14-10(21-16-11)5-13-12(17)8-2-3-22(18,19)6-8/h4,8H,2-3,5-6H2,1H3,(H,13,17)/t8-/m0/s1. The Morgan fingerprint density at radius 2 is 2.23 bits per heavy atom. The molecule has 10 heteroatoms. The summed E-state index contributed by atoms with van der Waals surface area (Å²) in [5.74, 6) is 0.225.